The molecule has 1 saturated carbocycles. The van der Waals surface area contributed by atoms with Crippen LogP contribution in [0.2, 0.25) is 0 Å². The molecule has 1 fully saturated rings. The Bertz CT molecular complexity index is 1590. The van der Waals surface area contributed by atoms with E-state index in [1.54, 1.807) is 12.4 Å². The van der Waals surface area contributed by atoms with E-state index in [0.29, 0.717) is 23.6 Å². The van der Waals surface area contributed by atoms with Gasteiger partial charge in [0, 0.05) is 31.4 Å². The molecular formula is C29H33F3N6O. The molecule has 0 N–H and O–H groups in total. The van der Waals surface area contributed by atoms with Gasteiger partial charge in [0.25, 0.3) is 5.56 Å². The van der Waals surface area contributed by atoms with Gasteiger partial charge in [-0.25, -0.2) is 4.98 Å². The van der Waals surface area contributed by atoms with Crippen molar-refractivity contribution in [1.29, 1.82) is 0 Å². The molecular weight excluding hydrogens is 505 g/mol. The summed E-state index contributed by atoms with van der Waals surface area (Å²) in [5.41, 5.74) is -0.595. The van der Waals surface area contributed by atoms with Crippen LogP contribution in [0.1, 0.15) is 56.1 Å². The third-order valence-electron chi connectivity index (χ3n) is 7.86. The lowest BCUT2D eigenvalue weighted by Gasteiger charge is -2.46. The maximum atomic E-state index is 14.2. The smallest absolute Gasteiger partial charge is 0.320 e. The molecule has 1 aliphatic rings. The van der Waals surface area contributed by atoms with Gasteiger partial charge in [-0.15, -0.1) is 10.2 Å². The summed E-state index contributed by atoms with van der Waals surface area (Å²) >= 11 is 0. The maximum Gasteiger partial charge on any atom is 0.419 e. The largest absolute Gasteiger partial charge is 0.419 e. The third-order valence-corrected chi connectivity index (χ3v) is 7.86. The van der Waals surface area contributed by atoms with Crippen LogP contribution in [0.4, 0.5) is 13.2 Å². The number of halogens is 3. The van der Waals surface area contributed by atoms with E-state index in [9.17, 15) is 18.0 Å². The van der Waals surface area contributed by atoms with Crippen LogP contribution >= 0.6 is 0 Å². The van der Waals surface area contributed by atoms with E-state index in [-0.39, 0.29) is 11.0 Å². The van der Waals surface area contributed by atoms with Gasteiger partial charge in [0.05, 0.1) is 16.5 Å². The van der Waals surface area contributed by atoms with Crippen molar-refractivity contribution in [3.63, 3.8) is 0 Å². The summed E-state index contributed by atoms with van der Waals surface area (Å²) in [7, 11) is 5.64. The summed E-state index contributed by atoms with van der Waals surface area (Å²) in [4.78, 5) is 19.9. The molecule has 0 unspecified atom stereocenters. The molecule has 0 spiro atoms. The molecule has 3 heterocycles. The highest BCUT2D eigenvalue weighted by Crippen LogP contribution is 2.51. The molecule has 1 aromatic carbocycles. The highest BCUT2D eigenvalue weighted by Gasteiger charge is 2.48. The summed E-state index contributed by atoms with van der Waals surface area (Å²) < 4.78 is 45.4. The maximum absolute atomic E-state index is 14.2. The van der Waals surface area contributed by atoms with Crippen LogP contribution in [0.15, 0.2) is 53.8 Å². The molecule has 7 nitrogen and oxygen atoms in total. The Morgan fingerprint density at radius 2 is 1.87 bits per heavy atom. The van der Waals surface area contributed by atoms with Gasteiger partial charge >= 0.3 is 6.18 Å². The number of likely N-dealkylation sites (N-methyl/N-ethyl adjacent to an activating group) is 1. The normalized spacial score (nSPS) is 20.0. The van der Waals surface area contributed by atoms with Crippen molar-refractivity contribution in [1.82, 2.24) is 29.0 Å². The van der Waals surface area contributed by atoms with E-state index in [0.717, 1.165) is 34.7 Å². The topological polar surface area (TPSA) is 68.3 Å². The van der Waals surface area contributed by atoms with E-state index in [2.05, 4.69) is 22.1 Å². The number of hydrogen-bond donors (Lipinski definition) is 0. The van der Waals surface area contributed by atoms with Gasteiger partial charge in [0.1, 0.15) is 12.2 Å². The van der Waals surface area contributed by atoms with Crippen molar-refractivity contribution in [2.45, 2.75) is 50.6 Å². The summed E-state index contributed by atoms with van der Waals surface area (Å²) in [6, 6.07) is 8.74. The second-order valence-electron chi connectivity index (χ2n) is 11.9. The second-order valence-corrected chi connectivity index (χ2v) is 11.9. The van der Waals surface area contributed by atoms with E-state index in [4.69, 9.17) is 0 Å². The number of pyridine rings is 1. The first-order chi connectivity index (χ1) is 18.2. The van der Waals surface area contributed by atoms with Crippen LogP contribution in [-0.2, 0) is 24.1 Å². The number of fused-ring (bicyclic) bond motifs is 1. The average molecular weight is 539 g/mol. The van der Waals surface area contributed by atoms with Gasteiger partial charge in [0.2, 0.25) is 0 Å². The molecule has 0 saturated heterocycles. The third kappa shape index (κ3) is 4.64. The van der Waals surface area contributed by atoms with Crippen LogP contribution in [-0.4, -0.2) is 49.7 Å². The van der Waals surface area contributed by atoms with Crippen LogP contribution in [0.3, 0.4) is 0 Å². The fourth-order valence-electron chi connectivity index (χ4n) is 6.22. The van der Waals surface area contributed by atoms with Crippen LogP contribution in [0.25, 0.3) is 16.8 Å². The highest BCUT2D eigenvalue weighted by molar-refractivity contribution is 5.66. The fourth-order valence-corrected chi connectivity index (χ4v) is 6.22. The molecule has 0 amide bonds. The van der Waals surface area contributed by atoms with Gasteiger partial charge in [-0.05, 0) is 61.7 Å². The summed E-state index contributed by atoms with van der Waals surface area (Å²) in [6.45, 7) is 6.42. The predicted octanol–water partition coefficient (Wildman–Crippen LogP) is 5.06. The van der Waals surface area contributed by atoms with Gasteiger partial charge in [-0.2, -0.15) is 13.2 Å². The van der Waals surface area contributed by atoms with E-state index >= 15 is 0 Å². The molecule has 1 aliphatic carbocycles. The molecule has 39 heavy (non-hydrogen) atoms. The molecule has 0 aliphatic heterocycles. The lowest BCUT2D eigenvalue weighted by atomic mass is 9.58. The zero-order chi connectivity index (χ0) is 28.3. The molecule has 4 aromatic rings. The SMILES string of the molecule is CC1CC(c2cccc(-c3cnc4c(C(F)(F)F)cc(C(C)(C)CN(C)C)cn4c3=O)c2)(c2nncn2C)C1. The minimum absolute atomic E-state index is 0.241. The molecule has 3 aromatic heterocycles. The molecule has 206 valence electrons. The standard InChI is InChI=1S/C29H33F3N6O/c1-18-12-28(13-18,26-35-34-17-37(26)6)20-9-7-8-19(10-20)22-14-33-24-23(29(30,31)32)11-21(15-38(24)25(22)39)27(2,3)16-36(4)5/h7-11,14-15,17-18H,12-13,16H2,1-6H3. The van der Waals surface area contributed by atoms with Crippen LogP contribution < -0.4 is 5.56 Å². The number of hydrogen-bond acceptors (Lipinski definition) is 5. The Morgan fingerprint density at radius 3 is 2.46 bits per heavy atom. The Kier molecular flexibility index (Phi) is 6.44. The Hall–Kier alpha value is -3.53. The number of alkyl halides is 3. The molecule has 10 heteroatoms. The quantitative estimate of drug-likeness (QED) is 0.343. The molecule has 5 rings (SSSR count). The monoisotopic (exact) mass is 538 g/mol. The average Bonchev–Trinajstić information content (AvgIpc) is 3.26. The summed E-state index contributed by atoms with van der Waals surface area (Å²) in [5.74, 6) is 1.36. The van der Waals surface area contributed by atoms with E-state index in [1.165, 1.54) is 12.4 Å². The Morgan fingerprint density at radius 1 is 1.15 bits per heavy atom. The van der Waals surface area contributed by atoms with Crippen molar-refractivity contribution >= 4 is 5.65 Å². The number of benzene rings is 1. The van der Waals surface area contributed by atoms with Crippen molar-refractivity contribution in [3.8, 4) is 11.1 Å². The van der Waals surface area contributed by atoms with Crippen molar-refractivity contribution < 1.29 is 13.2 Å². The first-order valence-corrected chi connectivity index (χ1v) is 13.0. The first kappa shape index (κ1) is 27.1. The molecule has 0 radical (unpaired) electrons. The molecule has 0 bridgehead atoms. The van der Waals surface area contributed by atoms with E-state index < -0.39 is 28.4 Å². The van der Waals surface area contributed by atoms with Gasteiger partial charge in [-0.1, -0.05) is 39.0 Å². The number of rotatable bonds is 6. The zero-order valence-corrected chi connectivity index (χ0v) is 23.0. The number of nitrogens with zero attached hydrogens (tertiary/aromatic N) is 6. The first-order valence-electron chi connectivity index (χ1n) is 13.0. The number of aromatic nitrogens is 5. The minimum Gasteiger partial charge on any atom is -0.320 e. The lowest BCUT2D eigenvalue weighted by molar-refractivity contribution is -0.136. The van der Waals surface area contributed by atoms with Gasteiger partial charge in [0.15, 0.2) is 5.65 Å². The van der Waals surface area contributed by atoms with Crippen molar-refractivity contribution in [2.75, 3.05) is 20.6 Å². The van der Waals surface area contributed by atoms with Crippen molar-refractivity contribution in [2.24, 2.45) is 13.0 Å². The van der Waals surface area contributed by atoms with Crippen LogP contribution in [0, 0.1) is 5.92 Å². The van der Waals surface area contributed by atoms with Gasteiger partial charge < -0.3 is 9.47 Å². The summed E-state index contributed by atoms with van der Waals surface area (Å²) in [5, 5.41) is 8.47. The Labute approximate surface area is 225 Å². The van der Waals surface area contributed by atoms with Crippen LogP contribution in [0.5, 0.6) is 0 Å². The van der Waals surface area contributed by atoms with E-state index in [1.807, 2.05) is 62.7 Å². The fraction of sp³-hybridized carbons (Fsp3) is 0.448. The predicted molar refractivity (Wildman–Crippen MR) is 144 cm³/mol. The lowest BCUT2D eigenvalue weighted by Crippen LogP contribution is -2.43. The van der Waals surface area contributed by atoms with Gasteiger partial charge in [-0.3, -0.25) is 9.20 Å². The zero-order valence-electron chi connectivity index (χ0n) is 23.0. The highest BCUT2D eigenvalue weighted by atomic mass is 19.4. The molecule has 0 atom stereocenters. The number of aryl methyl sites for hydroxylation is 1. The Balaban J connectivity index is 1.68. The minimum atomic E-state index is -4.67. The second kappa shape index (κ2) is 9.29. The summed E-state index contributed by atoms with van der Waals surface area (Å²) in [6.07, 6.45) is 1.55. The van der Waals surface area contributed by atoms with Crippen molar-refractivity contribution in [3.05, 3.63) is 81.9 Å².